The molecule has 2 aromatic carbocycles. The van der Waals surface area contributed by atoms with Gasteiger partial charge < -0.3 is 5.11 Å². The lowest BCUT2D eigenvalue weighted by Gasteiger charge is -2.04. The highest BCUT2D eigenvalue weighted by atomic mass is 32.1. The maximum absolute atomic E-state index is 12.9. The van der Waals surface area contributed by atoms with Gasteiger partial charge >= 0.3 is 0 Å². The minimum atomic E-state index is -0.306. The Morgan fingerprint density at radius 2 is 1.83 bits per heavy atom. The van der Waals surface area contributed by atoms with Crippen molar-refractivity contribution in [2.24, 2.45) is 4.99 Å². The number of nitrogens with zero attached hydrogens (tertiary/aromatic N) is 2. The van der Waals surface area contributed by atoms with Gasteiger partial charge in [0.2, 0.25) is 5.88 Å². The Kier molecular flexibility index (Phi) is 5.17. The summed E-state index contributed by atoms with van der Waals surface area (Å²) in [7, 11) is 0. The third-order valence-electron chi connectivity index (χ3n) is 3.52. The summed E-state index contributed by atoms with van der Waals surface area (Å²) < 4.78 is 15.2. The summed E-state index contributed by atoms with van der Waals surface area (Å²) in [6.45, 7) is 0.607. The van der Waals surface area contributed by atoms with Gasteiger partial charge in [-0.2, -0.15) is 0 Å². The minimum absolute atomic E-state index is 0.117. The van der Waals surface area contributed by atoms with Gasteiger partial charge in [-0.3, -0.25) is 9.56 Å². The monoisotopic (exact) mass is 358 g/mol. The number of hydrogen-bond acceptors (Lipinski definition) is 4. The molecule has 0 aliphatic heterocycles. The fraction of sp³-hybridized carbons (Fsp3) is 0.111. The van der Waals surface area contributed by atoms with Crippen LogP contribution in [0, 0.1) is 9.77 Å². The first-order valence-corrected chi connectivity index (χ1v) is 8.62. The summed E-state index contributed by atoms with van der Waals surface area (Å²) in [5, 5.41) is 10.4. The first kappa shape index (κ1) is 16.5. The number of halogens is 1. The molecule has 0 saturated heterocycles. The Labute approximate surface area is 148 Å². The molecule has 24 heavy (non-hydrogen) atoms. The second kappa shape index (κ2) is 7.51. The standard InChI is InChI=1S/C18H15FN2OS2/c19-14-6-8-15(9-7-14)20-12-16-17(22)21(18(23)24-16)11-10-13-4-2-1-3-5-13/h1-9,12,22H,10-11H2. The van der Waals surface area contributed by atoms with Gasteiger partial charge in [0.1, 0.15) is 10.7 Å². The molecule has 122 valence electrons. The summed E-state index contributed by atoms with van der Waals surface area (Å²) in [5.41, 5.74) is 1.80. The molecule has 0 radical (unpaired) electrons. The number of benzene rings is 2. The Hall–Kier alpha value is -2.31. The molecule has 0 unspecified atom stereocenters. The number of aromatic hydroxyl groups is 1. The van der Waals surface area contributed by atoms with E-state index in [9.17, 15) is 9.50 Å². The van der Waals surface area contributed by atoms with Crippen LogP contribution in [0.3, 0.4) is 0 Å². The van der Waals surface area contributed by atoms with Gasteiger partial charge in [-0.15, -0.1) is 0 Å². The van der Waals surface area contributed by atoms with Gasteiger partial charge in [0.25, 0.3) is 0 Å². The molecule has 0 aliphatic rings. The van der Waals surface area contributed by atoms with E-state index in [2.05, 4.69) is 4.99 Å². The number of hydrogen-bond donors (Lipinski definition) is 1. The fourth-order valence-electron chi connectivity index (χ4n) is 2.24. The Bertz CT molecular complexity index is 899. The summed E-state index contributed by atoms with van der Waals surface area (Å²) in [5.74, 6) is -0.189. The maximum Gasteiger partial charge on any atom is 0.212 e. The molecule has 0 fully saturated rings. The molecule has 6 heteroatoms. The first-order valence-electron chi connectivity index (χ1n) is 7.39. The summed E-state index contributed by atoms with van der Waals surface area (Å²) in [6, 6.07) is 15.9. The van der Waals surface area contributed by atoms with E-state index in [-0.39, 0.29) is 11.7 Å². The fourth-order valence-corrected chi connectivity index (χ4v) is 3.47. The predicted molar refractivity (Wildman–Crippen MR) is 98.6 cm³/mol. The average Bonchev–Trinajstić information content (AvgIpc) is 2.87. The van der Waals surface area contributed by atoms with Crippen molar-refractivity contribution >= 4 is 35.5 Å². The zero-order valence-electron chi connectivity index (χ0n) is 12.7. The quantitative estimate of drug-likeness (QED) is 0.508. The van der Waals surface area contributed by atoms with Crippen LogP contribution in [0.2, 0.25) is 0 Å². The summed E-state index contributed by atoms with van der Waals surface area (Å²) in [4.78, 5) is 4.85. The number of aryl methyl sites for hydroxylation is 1. The summed E-state index contributed by atoms with van der Waals surface area (Å²) >= 11 is 6.64. The van der Waals surface area contributed by atoms with E-state index in [0.29, 0.717) is 21.1 Å². The first-order chi connectivity index (χ1) is 11.6. The van der Waals surface area contributed by atoms with E-state index in [0.717, 1.165) is 6.42 Å². The van der Waals surface area contributed by atoms with Gasteiger partial charge in [0, 0.05) is 6.54 Å². The third-order valence-corrected chi connectivity index (χ3v) is 4.89. The Morgan fingerprint density at radius 3 is 2.54 bits per heavy atom. The number of aromatic nitrogens is 1. The van der Waals surface area contributed by atoms with E-state index < -0.39 is 0 Å². The average molecular weight is 358 g/mol. The van der Waals surface area contributed by atoms with E-state index in [4.69, 9.17) is 12.2 Å². The van der Waals surface area contributed by atoms with Gasteiger partial charge in [-0.25, -0.2) is 4.39 Å². The Balaban J connectivity index is 1.76. The van der Waals surface area contributed by atoms with E-state index in [1.165, 1.54) is 29.0 Å². The van der Waals surface area contributed by atoms with Gasteiger partial charge in [-0.05, 0) is 48.5 Å². The number of rotatable bonds is 5. The van der Waals surface area contributed by atoms with Crippen molar-refractivity contribution in [3.05, 3.63) is 74.8 Å². The second-order valence-corrected chi connectivity index (χ2v) is 6.85. The van der Waals surface area contributed by atoms with Crippen LogP contribution < -0.4 is 0 Å². The lowest BCUT2D eigenvalue weighted by atomic mass is 10.1. The molecular weight excluding hydrogens is 343 g/mol. The number of thiazole rings is 1. The molecule has 0 saturated carbocycles. The lowest BCUT2D eigenvalue weighted by molar-refractivity contribution is 0.415. The van der Waals surface area contributed by atoms with Crippen molar-refractivity contribution in [1.29, 1.82) is 0 Å². The zero-order chi connectivity index (χ0) is 16.9. The van der Waals surface area contributed by atoms with Crippen molar-refractivity contribution in [2.45, 2.75) is 13.0 Å². The molecule has 3 nitrogen and oxygen atoms in total. The van der Waals surface area contributed by atoms with Crippen LogP contribution >= 0.6 is 23.6 Å². The highest BCUT2D eigenvalue weighted by Crippen LogP contribution is 2.25. The normalized spacial score (nSPS) is 11.2. The lowest BCUT2D eigenvalue weighted by Crippen LogP contribution is -2.00. The van der Waals surface area contributed by atoms with Crippen molar-refractivity contribution in [3.8, 4) is 5.88 Å². The van der Waals surface area contributed by atoms with Gasteiger partial charge in [0.05, 0.1) is 11.9 Å². The number of aliphatic imine (C=N–C) groups is 1. The molecule has 0 bridgehead atoms. The molecule has 0 atom stereocenters. The second-order valence-electron chi connectivity index (χ2n) is 5.18. The van der Waals surface area contributed by atoms with Crippen LogP contribution in [0.4, 0.5) is 10.1 Å². The van der Waals surface area contributed by atoms with Crippen molar-refractivity contribution in [3.63, 3.8) is 0 Å². The maximum atomic E-state index is 12.9. The molecule has 3 aromatic rings. The molecule has 0 spiro atoms. The highest BCUT2D eigenvalue weighted by molar-refractivity contribution is 7.73. The topological polar surface area (TPSA) is 37.5 Å². The van der Waals surface area contributed by atoms with Crippen LogP contribution in [0.1, 0.15) is 10.4 Å². The highest BCUT2D eigenvalue weighted by Gasteiger charge is 2.10. The van der Waals surface area contributed by atoms with E-state index >= 15 is 0 Å². The Morgan fingerprint density at radius 1 is 1.12 bits per heavy atom. The zero-order valence-corrected chi connectivity index (χ0v) is 14.4. The smallest absolute Gasteiger partial charge is 0.212 e. The molecule has 0 amide bonds. The predicted octanol–water partition coefficient (Wildman–Crippen LogP) is 5.12. The molecule has 3 rings (SSSR count). The van der Waals surface area contributed by atoms with Crippen LogP contribution in [-0.4, -0.2) is 15.9 Å². The van der Waals surface area contributed by atoms with Crippen LogP contribution in [-0.2, 0) is 13.0 Å². The minimum Gasteiger partial charge on any atom is -0.493 e. The van der Waals surface area contributed by atoms with Crippen molar-refractivity contribution in [2.75, 3.05) is 0 Å². The molecule has 1 heterocycles. The van der Waals surface area contributed by atoms with Crippen LogP contribution in [0.5, 0.6) is 5.88 Å². The van der Waals surface area contributed by atoms with Crippen molar-refractivity contribution < 1.29 is 9.50 Å². The molecular formula is C18H15FN2OS2. The molecule has 1 N–H and O–H groups in total. The largest absolute Gasteiger partial charge is 0.493 e. The van der Waals surface area contributed by atoms with Crippen LogP contribution in [0.15, 0.2) is 59.6 Å². The van der Waals surface area contributed by atoms with Gasteiger partial charge in [-0.1, -0.05) is 41.7 Å². The molecule has 1 aromatic heterocycles. The van der Waals surface area contributed by atoms with E-state index in [1.54, 1.807) is 22.9 Å². The van der Waals surface area contributed by atoms with E-state index in [1.807, 2.05) is 30.3 Å². The summed E-state index contributed by atoms with van der Waals surface area (Å²) in [6.07, 6.45) is 2.34. The third kappa shape index (κ3) is 3.96. The van der Waals surface area contributed by atoms with Gasteiger partial charge in [0.15, 0.2) is 3.95 Å². The van der Waals surface area contributed by atoms with Crippen LogP contribution in [0.25, 0.3) is 0 Å². The molecule has 0 aliphatic carbocycles. The van der Waals surface area contributed by atoms with Crippen molar-refractivity contribution in [1.82, 2.24) is 4.57 Å². The SMILES string of the molecule is Oc1c(C=Nc2ccc(F)cc2)sc(=S)n1CCc1ccccc1.